The van der Waals surface area contributed by atoms with Crippen molar-refractivity contribution in [2.24, 2.45) is 0 Å². The van der Waals surface area contributed by atoms with Crippen molar-refractivity contribution in [1.82, 2.24) is 9.80 Å². The number of benzene rings is 1. The average molecular weight is 341 g/mol. The molecule has 25 heavy (non-hydrogen) atoms. The molecule has 2 saturated heterocycles. The molecule has 0 saturated carbocycles. The van der Waals surface area contributed by atoms with Crippen LogP contribution in [-0.4, -0.2) is 60.5 Å². The van der Waals surface area contributed by atoms with E-state index in [0.717, 1.165) is 37.8 Å². The Morgan fingerprint density at radius 3 is 2.48 bits per heavy atom. The highest BCUT2D eigenvalue weighted by molar-refractivity contribution is 5.98. The van der Waals surface area contributed by atoms with Crippen molar-refractivity contribution in [1.29, 1.82) is 0 Å². The number of hydrogen-bond donors (Lipinski definition) is 0. The van der Waals surface area contributed by atoms with E-state index in [1.807, 2.05) is 11.0 Å². The third-order valence-electron chi connectivity index (χ3n) is 6.46. The summed E-state index contributed by atoms with van der Waals surface area (Å²) >= 11 is 0. The predicted molar refractivity (Wildman–Crippen MR) is 102 cm³/mol. The first-order valence-electron chi connectivity index (χ1n) is 10.1. The first-order chi connectivity index (χ1) is 12.2. The summed E-state index contributed by atoms with van der Waals surface area (Å²) in [6.07, 6.45) is 7.55. The standard InChI is InChI=1S/C21H31N3O/c1-17(21(25)24-16-9-18-7-3-4-8-20(18)24)22-14-10-19(11-15-22)23-12-5-2-6-13-23/h3-4,7-8,17,19H,2,5-6,9-16H2,1H3. The van der Waals surface area contributed by atoms with Gasteiger partial charge in [-0.15, -0.1) is 0 Å². The average Bonchev–Trinajstić information content (AvgIpc) is 3.12. The SMILES string of the molecule is CC(C(=O)N1CCc2ccccc21)N1CCC(N2CCCCC2)CC1. The molecule has 3 aliphatic rings. The molecule has 0 aromatic heterocycles. The second-order valence-electron chi connectivity index (χ2n) is 7.91. The monoisotopic (exact) mass is 341 g/mol. The van der Waals surface area contributed by atoms with E-state index in [1.165, 1.54) is 50.8 Å². The van der Waals surface area contributed by atoms with Gasteiger partial charge in [0.05, 0.1) is 6.04 Å². The van der Waals surface area contributed by atoms with Gasteiger partial charge in [0.2, 0.25) is 5.91 Å². The van der Waals surface area contributed by atoms with Gasteiger partial charge in [0.1, 0.15) is 0 Å². The molecule has 2 fully saturated rings. The van der Waals surface area contributed by atoms with Gasteiger partial charge in [0.25, 0.3) is 0 Å². The number of carbonyl (C=O) groups excluding carboxylic acids is 1. The van der Waals surface area contributed by atoms with Gasteiger partial charge in [-0.25, -0.2) is 0 Å². The lowest BCUT2D eigenvalue weighted by molar-refractivity contribution is -0.123. The number of para-hydroxylation sites is 1. The molecule has 0 radical (unpaired) electrons. The van der Waals surface area contributed by atoms with Crippen LogP contribution in [-0.2, 0) is 11.2 Å². The maximum absolute atomic E-state index is 13.1. The number of nitrogens with zero attached hydrogens (tertiary/aromatic N) is 3. The molecule has 4 nitrogen and oxygen atoms in total. The van der Waals surface area contributed by atoms with Crippen molar-refractivity contribution in [2.45, 2.75) is 57.5 Å². The summed E-state index contributed by atoms with van der Waals surface area (Å²) in [6, 6.07) is 9.09. The third kappa shape index (κ3) is 3.47. The predicted octanol–water partition coefficient (Wildman–Crippen LogP) is 2.91. The van der Waals surface area contributed by atoms with Crippen LogP contribution in [0.2, 0.25) is 0 Å². The molecular formula is C21H31N3O. The molecule has 3 heterocycles. The van der Waals surface area contributed by atoms with E-state index < -0.39 is 0 Å². The number of rotatable bonds is 3. The quantitative estimate of drug-likeness (QED) is 0.846. The van der Waals surface area contributed by atoms with Crippen LogP contribution < -0.4 is 4.90 Å². The van der Waals surface area contributed by atoms with E-state index in [9.17, 15) is 4.79 Å². The van der Waals surface area contributed by atoms with E-state index in [2.05, 4.69) is 34.9 Å². The van der Waals surface area contributed by atoms with Gasteiger partial charge in [-0.05, 0) is 63.7 Å². The Hall–Kier alpha value is -1.39. The molecule has 1 atom stereocenters. The first-order valence-corrected chi connectivity index (χ1v) is 10.1. The van der Waals surface area contributed by atoms with Crippen molar-refractivity contribution in [3.8, 4) is 0 Å². The molecule has 1 unspecified atom stereocenters. The molecule has 0 bridgehead atoms. The fourth-order valence-electron chi connectivity index (χ4n) is 4.87. The highest BCUT2D eigenvalue weighted by Crippen LogP contribution is 2.29. The number of carbonyl (C=O) groups is 1. The van der Waals surface area contributed by atoms with E-state index in [4.69, 9.17) is 0 Å². The van der Waals surface area contributed by atoms with Crippen LogP contribution in [0.3, 0.4) is 0 Å². The summed E-state index contributed by atoms with van der Waals surface area (Å²) in [7, 11) is 0. The van der Waals surface area contributed by atoms with Gasteiger partial charge in [-0.2, -0.15) is 0 Å². The van der Waals surface area contributed by atoms with E-state index in [1.54, 1.807) is 0 Å². The van der Waals surface area contributed by atoms with Gasteiger partial charge < -0.3 is 9.80 Å². The van der Waals surface area contributed by atoms with Gasteiger partial charge >= 0.3 is 0 Å². The fraction of sp³-hybridized carbons (Fsp3) is 0.667. The summed E-state index contributed by atoms with van der Waals surface area (Å²) in [5.74, 6) is 0.279. The molecule has 0 aliphatic carbocycles. The number of hydrogen-bond acceptors (Lipinski definition) is 3. The van der Waals surface area contributed by atoms with E-state index in [0.29, 0.717) is 0 Å². The van der Waals surface area contributed by atoms with Gasteiger partial charge in [0, 0.05) is 31.4 Å². The fourth-order valence-corrected chi connectivity index (χ4v) is 4.87. The largest absolute Gasteiger partial charge is 0.310 e. The summed E-state index contributed by atoms with van der Waals surface area (Å²) in [6.45, 7) is 7.62. The zero-order chi connectivity index (χ0) is 17.2. The number of piperidine rings is 2. The smallest absolute Gasteiger partial charge is 0.244 e. The second-order valence-corrected chi connectivity index (χ2v) is 7.91. The van der Waals surface area contributed by atoms with E-state index in [-0.39, 0.29) is 11.9 Å². The topological polar surface area (TPSA) is 26.8 Å². The Morgan fingerprint density at radius 1 is 1.00 bits per heavy atom. The van der Waals surface area contributed by atoms with Gasteiger partial charge in [-0.3, -0.25) is 9.69 Å². The van der Waals surface area contributed by atoms with Crippen molar-refractivity contribution >= 4 is 11.6 Å². The Morgan fingerprint density at radius 2 is 1.72 bits per heavy atom. The van der Waals surface area contributed by atoms with Crippen molar-refractivity contribution in [3.05, 3.63) is 29.8 Å². The molecule has 1 aromatic carbocycles. The van der Waals surface area contributed by atoms with Crippen LogP contribution in [0.1, 0.15) is 44.6 Å². The molecular weight excluding hydrogens is 310 g/mol. The molecule has 1 aromatic rings. The normalized spacial score (nSPS) is 24.3. The number of amides is 1. The third-order valence-corrected chi connectivity index (χ3v) is 6.46. The van der Waals surface area contributed by atoms with E-state index >= 15 is 0 Å². The minimum Gasteiger partial charge on any atom is -0.310 e. The Kier molecular flexibility index (Phi) is 5.09. The lowest BCUT2D eigenvalue weighted by Gasteiger charge is -2.42. The summed E-state index contributed by atoms with van der Waals surface area (Å²) in [5.41, 5.74) is 2.44. The Bertz CT molecular complexity index is 603. The lowest BCUT2D eigenvalue weighted by Crippen LogP contribution is -2.53. The van der Waals surface area contributed by atoms with Gasteiger partial charge in [0.15, 0.2) is 0 Å². The molecule has 0 N–H and O–H groups in total. The van der Waals surface area contributed by atoms with Crippen LogP contribution in [0, 0.1) is 0 Å². The summed E-state index contributed by atoms with van der Waals surface area (Å²) in [4.78, 5) is 20.2. The van der Waals surface area contributed by atoms with Crippen LogP contribution in [0.25, 0.3) is 0 Å². The Balaban J connectivity index is 1.34. The highest BCUT2D eigenvalue weighted by atomic mass is 16.2. The van der Waals surface area contributed by atoms with Crippen LogP contribution in [0.5, 0.6) is 0 Å². The maximum Gasteiger partial charge on any atom is 0.244 e. The van der Waals surface area contributed by atoms with Crippen molar-refractivity contribution in [3.63, 3.8) is 0 Å². The van der Waals surface area contributed by atoms with Crippen LogP contribution in [0.4, 0.5) is 5.69 Å². The molecule has 0 spiro atoms. The van der Waals surface area contributed by atoms with Crippen molar-refractivity contribution in [2.75, 3.05) is 37.6 Å². The number of anilines is 1. The second kappa shape index (κ2) is 7.46. The molecule has 3 aliphatic heterocycles. The number of fused-ring (bicyclic) bond motifs is 1. The first kappa shape index (κ1) is 17.0. The lowest BCUT2D eigenvalue weighted by atomic mass is 9.98. The van der Waals surface area contributed by atoms with Crippen LogP contribution in [0.15, 0.2) is 24.3 Å². The molecule has 1 amide bonds. The number of likely N-dealkylation sites (tertiary alicyclic amines) is 2. The van der Waals surface area contributed by atoms with Gasteiger partial charge in [-0.1, -0.05) is 24.6 Å². The highest BCUT2D eigenvalue weighted by Gasteiger charge is 2.33. The zero-order valence-corrected chi connectivity index (χ0v) is 15.5. The Labute approximate surface area is 151 Å². The van der Waals surface area contributed by atoms with Crippen LogP contribution >= 0.6 is 0 Å². The molecule has 136 valence electrons. The minimum atomic E-state index is -0.00605. The van der Waals surface area contributed by atoms with Crippen molar-refractivity contribution < 1.29 is 4.79 Å². The summed E-state index contributed by atoms with van der Waals surface area (Å²) < 4.78 is 0. The zero-order valence-electron chi connectivity index (χ0n) is 15.5. The minimum absolute atomic E-state index is 0.00605. The molecule has 4 heteroatoms. The maximum atomic E-state index is 13.1. The molecule has 4 rings (SSSR count). The summed E-state index contributed by atoms with van der Waals surface area (Å²) in [5, 5.41) is 0.